The van der Waals surface area contributed by atoms with Crippen molar-refractivity contribution in [2.45, 2.75) is 56.4 Å². The van der Waals surface area contributed by atoms with Crippen LogP contribution in [0, 0.1) is 6.92 Å². The molecule has 6 heteroatoms. The van der Waals surface area contributed by atoms with E-state index < -0.39 is 10.0 Å². The maximum atomic E-state index is 13.1. The van der Waals surface area contributed by atoms with Crippen molar-refractivity contribution in [2.75, 3.05) is 11.4 Å². The monoisotopic (exact) mass is 400 g/mol. The highest BCUT2D eigenvalue weighted by atomic mass is 32.2. The van der Waals surface area contributed by atoms with Crippen LogP contribution >= 0.6 is 0 Å². The van der Waals surface area contributed by atoms with Crippen LogP contribution in [0.2, 0.25) is 0 Å². The largest absolute Gasteiger partial charge is 0.349 e. The van der Waals surface area contributed by atoms with Crippen LogP contribution in [0.3, 0.4) is 0 Å². The van der Waals surface area contributed by atoms with Gasteiger partial charge in [0.15, 0.2) is 0 Å². The number of amides is 1. The number of hydrogen-bond acceptors (Lipinski definition) is 3. The van der Waals surface area contributed by atoms with Crippen LogP contribution in [-0.4, -0.2) is 27.4 Å². The first kappa shape index (κ1) is 20.4. The molecule has 0 radical (unpaired) electrons. The molecule has 1 aliphatic carbocycles. The molecule has 0 saturated heterocycles. The number of rotatable bonds is 5. The number of aryl methyl sites for hydroxylation is 1. The van der Waals surface area contributed by atoms with Gasteiger partial charge in [-0.15, -0.1) is 0 Å². The summed E-state index contributed by atoms with van der Waals surface area (Å²) in [7, 11) is -2.22. The number of benzene rings is 2. The minimum absolute atomic E-state index is 0.117. The zero-order valence-corrected chi connectivity index (χ0v) is 17.3. The second kappa shape index (κ2) is 8.78. The van der Waals surface area contributed by atoms with Gasteiger partial charge in [0, 0.05) is 18.7 Å². The van der Waals surface area contributed by atoms with Gasteiger partial charge in [-0.25, -0.2) is 8.42 Å². The van der Waals surface area contributed by atoms with Gasteiger partial charge in [-0.3, -0.25) is 9.10 Å². The fourth-order valence-corrected chi connectivity index (χ4v) is 5.00. The van der Waals surface area contributed by atoms with Crippen LogP contribution in [0.25, 0.3) is 0 Å². The lowest BCUT2D eigenvalue weighted by molar-refractivity contribution is 0.0933. The second-order valence-electron chi connectivity index (χ2n) is 7.45. The van der Waals surface area contributed by atoms with Crippen LogP contribution in [0.5, 0.6) is 0 Å². The average Bonchev–Trinajstić information content (AvgIpc) is 2.96. The predicted octanol–water partition coefficient (Wildman–Crippen LogP) is 4.27. The van der Waals surface area contributed by atoms with E-state index in [2.05, 4.69) is 5.32 Å². The Bertz CT molecular complexity index is 932. The van der Waals surface area contributed by atoms with E-state index in [-0.39, 0.29) is 16.8 Å². The fraction of sp³-hybridized carbons (Fsp3) is 0.409. The van der Waals surface area contributed by atoms with Crippen LogP contribution < -0.4 is 9.62 Å². The smallest absolute Gasteiger partial charge is 0.264 e. The van der Waals surface area contributed by atoms with Crippen LogP contribution in [-0.2, 0) is 10.0 Å². The van der Waals surface area contributed by atoms with Gasteiger partial charge in [0.2, 0.25) is 0 Å². The third-order valence-electron chi connectivity index (χ3n) is 5.40. The number of sulfonamides is 1. The summed E-state index contributed by atoms with van der Waals surface area (Å²) < 4.78 is 27.4. The van der Waals surface area contributed by atoms with E-state index in [1.165, 1.54) is 36.3 Å². The van der Waals surface area contributed by atoms with Gasteiger partial charge < -0.3 is 5.32 Å². The third-order valence-corrected chi connectivity index (χ3v) is 7.17. The Balaban J connectivity index is 1.81. The van der Waals surface area contributed by atoms with E-state index in [4.69, 9.17) is 0 Å². The summed E-state index contributed by atoms with van der Waals surface area (Å²) in [5.74, 6) is -0.206. The summed E-state index contributed by atoms with van der Waals surface area (Å²) >= 11 is 0. The summed E-state index contributed by atoms with van der Waals surface area (Å²) in [5.41, 5.74) is 1.87. The highest BCUT2D eigenvalue weighted by Gasteiger charge is 2.24. The Morgan fingerprint density at radius 1 is 1.00 bits per heavy atom. The number of nitrogens with one attached hydrogen (secondary N) is 1. The van der Waals surface area contributed by atoms with E-state index >= 15 is 0 Å². The quantitative estimate of drug-likeness (QED) is 0.762. The molecule has 0 atom stereocenters. The van der Waals surface area contributed by atoms with Gasteiger partial charge in [-0.05, 0) is 49.6 Å². The van der Waals surface area contributed by atoms with Crippen molar-refractivity contribution in [1.29, 1.82) is 0 Å². The summed E-state index contributed by atoms with van der Waals surface area (Å²) in [4.78, 5) is 12.8. The number of anilines is 1. The lowest BCUT2D eigenvalue weighted by Crippen LogP contribution is -2.34. The zero-order valence-electron chi connectivity index (χ0n) is 16.5. The number of carbonyl (C=O) groups is 1. The van der Waals surface area contributed by atoms with Crippen molar-refractivity contribution in [3.8, 4) is 0 Å². The molecule has 1 saturated carbocycles. The minimum Gasteiger partial charge on any atom is -0.349 e. The predicted molar refractivity (Wildman–Crippen MR) is 112 cm³/mol. The molecule has 5 nitrogen and oxygen atoms in total. The Hall–Kier alpha value is -2.34. The maximum absolute atomic E-state index is 13.1. The summed E-state index contributed by atoms with van der Waals surface area (Å²) in [6, 6.07) is 13.8. The molecule has 150 valence electrons. The number of nitrogens with zero attached hydrogens (tertiary/aromatic N) is 1. The standard InChI is InChI=1S/C22H28N2O3S/c1-17-10-7-8-15-21(17)24(2)28(26,27)20-14-9-11-18(16-20)22(25)23-19-12-5-3-4-6-13-19/h7-11,14-16,19H,3-6,12-13H2,1-2H3,(H,23,25). The topological polar surface area (TPSA) is 66.5 Å². The molecule has 0 heterocycles. The SMILES string of the molecule is Cc1ccccc1N(C)S(=O)(=O)c1cccc(C(=O)NC2CCCCCC2)c1. The Labute approximate surface area is 167 Å². The molecule has 1 N–H and O–H groups in total. The number of carbonyl (C=O) groups excluding carboxylic acids is 1. The van der Waals surface area contributed by atoms with Crippen molar-refractivity contribution in [3.05, 3.63) is 59.7 Å². The van der Waals surface area contributed by atoms with Gasteiger partial charge >= 0.3 is 0 Å². The summed E-state index contributed by atoms with van der Waals surface area (Å²) in [6.07, 6.45) is 6.65. The van der Waals surface area contributed by atoms with Gasteiger partial charge in [0.05, 0.1) is 10.6 Å². The van der Waals surface area contributed by atoms with Gasteiger partial charge in [0.1, 0.15) is 0 Å². The number of para-hydroxylation sites is 1. The molecule has 1 fully saturated rings. The first-order valence-electron chi connectivity index (χ1n) is 9.85. The highest BCUT2D eigenvalue weighted by Crippen LogP contribution is 2.25. The lowest BCUT2D eigenvalue weighted by Gasteiger charge is -2.22. The fourth-order valence-electron chi connectivity index (χ4n) is 3.69. The second-order valence-corrected chi connectivity index (χ2v) is 9.42. The van der Waals surface area contributed by atoms with Crippen molar-refractivity contribution in [2.24, 2.45) is 0 Å². The summed E-state index contributed by atoms with van der Waals surface area (Å²) in [6.45, 7) is 1.87. The molecule has 2 aromatic rings. The Kier molecular flexibility index (Phi) is 6.39. The molecule has 2 aromatic carbocycles. The van der Waals surface area contributed by atoms with E-state index in [0.29, 0.717) is 11.3 Å². The minimum atomic E-state index is -3.76. The van der Waals surface area contributed by atoms with Crippen LogP contribution in [0.15, 0.2) is 53.4 Å². The number of hydrogen-bond donors (Lipinski definition) is 1. The molecule has 0 aromatic heterocycles. The molecule has 0 aliphatic heterocycles. The molecule has 1 aliphatic rings. The van der Waals surface area contributed by atoms with Crippen LogP contribution in [0.4, 0.5) is 5.69 Å². The molecule has 1 amide bonds. The van der Waals surface area contributed by atoms with Gasteiger partial charge in [-0.2, -0.15) is 0 Å². The van der Waals surface area contributed by atoms with Gasteiger partial charge in [-0.1, -0.05) is 49.9 Å². The average molecular weight is 401 g/mol. The van der Waals surface area contributed by atoms with E-state index in [1.807, 2.05) is 25.1 Å². The van der Waals surface area contributed by atoms with Crippen LogP contribution in [0.1, 0.15) is 54.4 Å². The van der Waals surface area contributed by atoms with E-state index in [1.54, 1.807) is 18.2 Å². The Morgan fingerprint density at radius 2 is 1.68 bits per heavy atom. The third kappa shape index (κ3) is 4.55. The lowest BCUT2D eigenvalue weighted by atomic mass is 10.1. The Morgan fingerprint density at radius 3 is 2.36 bits per heavy atom. The zero-order chi connectivity index (χ0) is 20.1. The molecule has 0 spiro atoms. The molecule has 0 bridgehead atoms. The normalized spacial score (nSPS) is 15.6. The molecule has 0 unspecified atom stereocenters. The molecular formula is C22H28N2O3S. The van der Waals surface area contributed by atoms with Crippen molar-refractivity contribution in [3.63, 3.8) is 0 Å². The summed E-state index contributed by atoms with van der Waals surface area (Å²) in [5, 5.41) is 3.08. The van der Waals surface area contributed by atoms with Crippen molar-refractivity contribution in [1.82, 2.24) is 5.32 Å². The first-order valence-corrected chi connectivity index (χ1v) is 11.3. The highest BCUT2D eigenvalue weighted by molar-refractivity contribution is 7.92. The first-order chi connectivity index (χ1) is 13.4. The van der Waals surface area contributed by atoms with Crippen molar-refractivity contribution < 1.29 is 13.2 Å². The molecular weight excluding hydrogens is 372 g/mol. The molecule has 28 heavy (non-hydrogen) atoms. The maximum Gasteiger partial charge on any atom is 0.264 e. The van der Waals surface area contributed by atoms with Crippen molar-refractivity contribution >= 4 is 21.6 Å². The van der Waals surface area contributed by atoms with E-state index in [0.717, 1.165) is 31.2 Å². The molecule has 3 rings (SSSR count). The van der Waals surface area contributed by atoms with Gasteiger partial charge in [0.25, 0.3) is 15.9 Å². The van der Waals surface area contributed by atoms with E-state index in [9.17, 15) is 13.2 Å².